The lowest BCUT2D eigenvalue weighted by Crippen LogP contribution is -2.20. The molecule has 12 heteroatoms. The van der Waals surface area contributed by atoms with Crippen molar-refractivity contribution in [3.63, 3.8) is 0 Å². The zero-order valence-corrected chi connectivity index (χ0v) is 19.0. The van der Waals surface area contributed by atoms with Crippen LogP contribution in [0.2, 0.25) is 0 Å². The Hall–Kier alpha value is -3.67. The van der Waals surface area contributed by atoms with Gasteiger partial charge in [0.15, 0.2) is 5.65 Å². The number of aryl methyl sites for hydroxylation is 3. The topological polar surface area (TPSA) is 104 Å². The summed E-state index contributed by atoms with van der Waals surface area (Å²) in [6, 6.07) is 2.94. The van der Waals surface area contributed by atoms with Gasteiger partial charge >= 0.3 is 5.97 Å². The third kappa shape index (κ3) is 4.33. The van der Waals surface area contributed by atoms with Gasteiger partial charge in [0.05, 0.1) is 35.6 Å². The van der Waals surface area contributed by atoms with E-state index in [-0.39, 0.29) is 28.7 Å². The second-order valence-corrected chi connectivity index (χ2v) is 8.64. The lowest BCUT2D eigenvalue weighted by atomic mass is 10.1. The Balaban J connectivity index is 1.72. The largest absolute Gasteiger partial charge is 0.465 e. The first-order chi connectivity index (χ1) is 15.7. The molecule has 4 aromatic rings. The summed E-state index contributed by atoms with van der Waals surface area (Å²) in [6.45, 7) is 3.10. The SMILES string of the molecule is COC(=O)c1cc(C)sc1NC(=O)Cn1nc(C)c2c(C(F)F)cc(-c3cnn(C)c3)nc21. The first-order valence-corrected chi connectivity index (χ1v) is 10.6. The highest BCUT2D eigenvalue weighted by atomic mass is 32.1. The Kier molecular flexibility index (Phi) is 5.93. The molecule has 0 bridgehead atoms. The number of pyridine rings is 1. The first kappa shape index (κ1) is 22.5. The van der Waals surface area contributed by atoms with E-state index in [4.69, 9.17) is 4.74 Å². The summed E-state index contributed by atoms with van der Waals surface area (Å²) in [6.07, 6.45) is 0.432. The van der Waals surface area contributed by atoms with E-state index in [9.17, 15) is 18.4 Å². The number of methoxy groups -OCH3 is 1. The molecule has 1 N–H and O–H groups in total. The molecule has 0 unspecified atom stereocenters. The highest BCUT2D eigenvalue weighted by Gasteiger charge is 2.23. The quantitative estimate of drug-likeness (QED) is 0.426. The van der Waals surface area contributed by atoms with E-state index >= 15 is 0 Å². The van der Waals surface area contributed by atoms with Crippen molar-refractivity contribution in [1.82, 2.24) is 24.5 Å². The Morgan fingerprint density at radius 3 is 2.67 bits per heavy atom. The van der Waals surface area contributed by atoms with E-state index in [0.29, 0.717) is 22.0 Å². The molecule has 172 valence electrons. The van der Waals surface area contributed by atoms with Crippen molar-refractivity contribution in [2.75, 3.05) is 12.4 Å². The van der Waals surface area contributed by atoms with Crippen LogP contribution in [0.1, 0.15) is 32.9 Å². The first-order valence-electron chi connectivity index (χ1n) is 9.81. The molecule has 0 radical (unpaired) electrons. The number of carbonyl (C=O) groups is 2. The van der Waals surface area contributed by atoms with Crippen molar-refractivity contribution >= 4 is 39.2 Å². The lowest BCUT2D eigenvalue weighted by Gasteiger charge is -2.08. The maximum atomic E-state index is 13.9. The Morgan fingerprint density at radius 2 is 2.03 bits per heavy atom. The van der Waals surface area contributed by atoms with E-state index in [0.717, 1.165) is 4.88 Å². The molecule has 0 aromatic carbocycles. The fourth-order valence-electron chi connectivity index (χ4n) is 3.54. The minimum absolute atomic E-state index is 0.162. The van der Waals surface area contributed by atoms with Crippen LogP contribution < -0.4 is 5.32 Å². The standard InChI is InChI=1S/C21H20F2N6O3S/c1-10-5-14(21(31)32-4)20(33-10)26-16(30)9-29-19-17(11(2)27-29)13(18(22)23)6-15(25-19)12-7-24-28(3)8-12/h5-8,18H,9H2,1-4H3,(H,26,30). The van der Waals surface area contributed by atoms with Gasteiger partial charge in [0.2, 0.25) is 5.91 Å². The second-order valence-electron chi connectivity index (χ2n) is 7.38. The van der Waals surface area contributed by atoms with E-state index in [2.05, 4.69) is 20.5 Å². The summed E-state index contributed by atoms with van der Waals surface area (Å²) in [5.74, 6) is -1.06. The number of nitrogens with one attached hydrogen (secondary N) is 1. The van der Waals surface area contributed by atoms with Crippen LogP contribution in [0.15, 0.2) is 24.5 Å². The van der Waals surface area contributed by atoms with Gasteiger partial charge in [0, 0.05) is 29.2 Å². The van der Waals surface area contributed by atoms with Gasteiger partial charge < -0.3 is 10.1 Å². The number of esters is 1. The van der Waals surface area contributed by atoms with Gasteiger partial charge in [0.1, 0.15) is 11.5 Å². The van der Waals surface area contributed by atoms with E-state index < -0.39 is 18.3 Å². The maximum Gasteiger partial charge on any atom is 0.340 e. The monoisotopic (exact) mass is 474 g/mol. The van der Waals surface area contributed by atoms with Crippen LogP contribution in [0.4, 0.5) is 13.8 Å². The predicted molar refractivity (Wildman–Crippen MR) is 118 cm³/mol. The Labute approximate surface area is 191 Å². The molecule has 0 aliphatic carbocycles. The van der Waals surface area contributed by atoms with Gasteiger partial charge in [-0.1, -0.05) is 0 Å². The van der Waals surface area contributed by atoms with E-state index in [1.54, 1.807) is 37.8 Å². The van der Waals surface area contributed by atoms with Crippen LogP contribution >= 0.6 is 11.3 Å². The van der Waals surface area contributed by atoms with Crippen molar-refractivity contribution in [3.8, 4) is 11.3 Å². The van der Waals surface area contributed by atoms with E-state index in [1.807, 2.05) is 0 Å². The Morgan fingerprint density at radius 1 is 1.27 bits per heavy atom. The number of halogens is 2. The molecule has 4 heterocycles. The average molecular weight is 474 g/mol. The molecular formula is C21H20F2N6O3S. The second kappa shape index (κ2) is 8.70. The number of thiophene rings is 1. The molecule has 0 saturated heterocycles. The Bertz CT molecular complexity index is 1370. The third-order valence-electron chi connectivity index (χ3n) is 4.95. The normalized spacial score (nSPS) is 11.4. The van der Waals surface area contributed by atoms with Crippen molar-refractivity contribution in [2.45, 2.75) is 26.8 Å². The fourth-order valence-corrected chi connectivity index (χ4v) is 4.46. The van der Waals surface area contributed by atoms with Crippen LogP contribution in [0, 0.1) is 13.8 Å². The fraction of sp³-hybridized carbons (Fsp3) is 0.286. The third-order valence-corrected chi connectivity index (χ3v) is 5.92. The number of aromatic nitrogens is 5. The number of nitrogens with zero attached hydrogens (tertiary/aromatic N) is 5. The maximum absolute atomic E-state index is 13.9. The molecule has 4 aromatic heterocycles. The number of anilines is 1. The number of hydrogen-bond donors (Lipinski definition) is 1. The zero-order chi connectivity index (χ0) is 23.9. The summed E-state index contributed by atoms with van der Waals surface area (Å²) in [4.78, 5) is 30.1. The smallest absolute Gasteiger partial charge is 0.340 e. The van der Waals surface area contributed by atoms with E-state index in [1.165, 1.54) is 35.4 Å². The number of ether oxygens (including phenoxy) is 1. The van der Waals surface area contributed by atoms with Crippen molar-refractivity contribution in [1.29, 1.82) is 0 Å². The number of carbonyl (C=O) groups excluding carboxylic acids is 2. The van der Waals surface area contributed by atoms with Gasteiger partial charge in [-0.2, -0.15) is 10.2 Å². The minimum atomic E-state index is -2.76. The predicted octanol–water partition coefficient (Wildman–Crippen LogP) is 3.87. The van der Waals surface area contributed by atoms with Crippen LogP contribution in [0.3, 0.4) is 0 Å². The van der Waals surface area contributed by atoms with Crippen molar-refractivity contribution < 1.29 is 23.1 Å². The van der Waals surface area contributed by atoms with Gasteiger partial charge in [-0.3, -0.25) is 9.48 Å². The minimum Gasteiger partial charge on any atom is -0.465 e. The van der Waals surface area contributed by atoms with Crippen molar-refractivity contribution in [2.24, 2.45) is 7.05 Å². The van der Waals surface area contributed by atoms with Crippen LogP contribution in [0.25, 0.3) is 22.3 Å². The molecule has 4 rings (SSSR count). The highest BCUT2D eigenvalue weighted by molar-refractivity contribution is 7.16. The molecule has 33 heavy (non-hydrogen) atoms. The summed E-state index contributed by atoms with van der Waals surface area (Å²) in [5.41, 5.74) is 1.38. The van der Waals surface area contributed by atoms with Crippen LogP contribution in [-0.2, 0) is 23.1 Å². The number of alkyl halides is 2. The molecule has 0 aliphatic rings. The molecule has 0 atom stereocenters. The zero-order valence-electron chi connectivity index (χ0n) is 18.2. The number of rotatable bonds is 6. The lowest BCUT2D eigenvalue weighted by molar-refractivity contribution is -0.116. The number of fused-ring (bicyclic) bond motifs is 1. The number of hydrogen-bond acceptors (Lipinski definition) is 7. The van der Waals surface area contributed by atoms with Gasteiger partial charge in [-0.05, 0) is 26.0 Å². The van der Waals surface area contributed by atoms with Crippen LogP contribution in [-0.4, -0.2) is 43.5 Å². The molecule has 0 spiro atoms. The molecular weight excluding hydrogens is 454 g/mol. The highest BCUT2D eigenvalue weighted by Crippen LogP contribution is 2.33. The molecule has 1 amide bonds. The summed E-state index contributed by atoms with van der Waals surface area (Å²) < 4.78 is 35.4. The molecule has 9 nitrogen and oxygen atoms in total. The van der Waals surface area contributed by atoms with Gasteiger partial charge in [0.25, 0.3) is 6.43 Å². The summed E-state index contributed by atoms with van der Waals surface area (Å²) in [5, 5.41) is 11.6. The van der Waals surface area contributed by atoms with Gasteiger partial charge in [-0.15, -0.1) is 11.3 Å². The summed E-state index contributed by atoms with van der Waals surface area (Å²) in [7, 11) is 2.97. The van der Waals surface area contributed by atoms with Gasteiger partial charge in [-0.25, -0.2) is 23.2 Å². The number of amides is 1. The van der Waals surface area contributed by atoms with Crippen molar-refractivity contribution in [3.05, 3.63) is 46.2 Å². The average Bonchev–Trinajstić information content (AvgIpc) is 3.44. The van der Waals surface area contributed by atoms with Crippen LogP contribution in [0.5, 0.6) is 0 Å². The molecule has 0 fully saturated rings. The summed E-state index contributed by atoms with van der Waals surface area (Å²) >= 11 is 1.23. The molecule has 0 aliphatic heterocycles. The molecule has 0 saturated carbocycles.